The van der Waals surface area contributed by atoms with Gasteiger partial charge in [0.25, 0.3) is 0 Å². The molecule has 0 atom stereocenters. The lowest BCUT2D eigenvalue weighted by molar-refractivity contribution is -0.610. The summed E-state index contributed by atoms with van der Waals surface area (Å²) in [7, 11) is -7.63. The van der Waals surface area contributed by atoms with Crippen molar-refractivity contribution in [3.8, 4) is 0 Å². The van der Waals surface area contributed by atoms with E-state index in [4.69, 9.17) is 5.11 Å². The molecule has 1 aromatic rings. The first-order valence-corrected chi connectivity index (χ1v) is 10.2. The lowest BCUT2D eigenvalue weighted by atomic mass is 10.0. The monoisotopic (exact) mass is 351 g/mol. The van der Waals surface area contributed by atoms with Gasteiger partial charge in [-0.25, -0.2) is 16.8 Å². The van der Waals surface area contributed by atoms with Crippen LogP contribution in [0.3, 0.4) is 0 Å². The third-order valence-electron chi connectivity index (χ3n) is 3.77. The molecule has 2 N–H and O–H groups in total. The molecule has 0 bridgehead atoms. The number of aromatic nitrogens is 2. The van der Waals surface area contributed by atoms with Crippen LogP contribution in [0, 0.1) is 4.91 Å². The van der Waals surface area contributed by atoms with E-state index in [-0.39, 0.29) is 4.54 Å². The molecule has 1 aromatic heterocycles. The Morgan fingerprint density at radius 2 is 1.77 bits per heavy atom. The van der Waals surface area contributed by atoms with Gasteiger partial charge in [0.05, 0.1) is 22.5 Å². The van der Waals surface area contributed by atoms with Crippen molar-refractivity contribution in [2.75, 3.05) is 12.4 Å². The fraction of sp³-hybridized carbons (Fsp3) is 0.667. The Hall–Kier alpha value is -1.26. The molecule has 1 fully saturated rings. The number of nitrogens with one attached hydrogen (secondary N) is 1. The molecule has 1 heterocycles. The summed E-state index contributed by atoms with van der Waals surface area (Å²) in [5.74, 6) is -0.543. The molecule has 0 radical (unpaired) electrons. The highest BCUT2D eigenvalue weighted by atomic mass is 32.2. The van der Waals surface area contributed by atoms with Crippen LogP contribution in [-0.4, -0.2) is 44.7 Å². The number of aromatic amines is 1. The number of H-pyrrole nitrogens is 1. The van der Waals surface area contributed by atoms with Crippen molar-refractivity contribution in [1.82, 2.24) is 5.10 Å². The highest BCUT2D eigenvalue weighted by Crippen LogP contribution is 2.27. The maximum absolute atomic E-state index is 12.5. The number of hydrogen-bond acceptors (Lipinski definition) is 6. The van der Waals surface area contributed by atoms with Gasteiger partial charge in [-0.15, -0.1) is 5.10 Å². The first kappa shape index (κ1) is 17.1. The number of aliphatic hydroxyl groups is 1. The third-order valence-corrected chi connectivity index (χ3v) is 7.62. The molecule has 8 nitrogen and oxygen atoms in total. The van der Waals surface area contributed by atoms with Gasteiger partial charge in [-0.05, 0) is 18.9 Å². The Morgan fingerprint density at radius 3 is 2.32 bits per heavy atom. The summed E-state index contributed by atoms with van der Waals surface area (Å²) in [5.41, 5.74) is 0. The highest BCUT2D eigenvalue weighted by Gasteiger charge is 2.37. The molecule has 2 rings (SSSR count). The molecule has 0 aliphatic heterocycles. The van der Waals surface area contributed by atoms with E-state index in [1.807, 2.05) is 5.10 Å². The Balaban J connectivity index is 2.40. The van der Waals surface area contributed by atoms with Gasteiger partial charge in [0.15, 0.2) is 9.57 Å². The van der Waals surface area contributed by atoms with Gasteiger partial charge in [-0.3, -0.25) is 0 Å². The molecule has 1 saturated carbocycles. The number of aliphatic hydroxyl groups excluding tert-OH is 1. The van der Waals surface area contributed by atoms with Crippen LogP contribution in [0.4, 0.5) is 0 Å². The topological polar surface area (TPSA) is 127 Å². The van der Waals surface area contributed by atoms with Crippen LogP contribution >= 0.6 is 0 Å². The van der Waals surface area contributed by atoms with Crippen molar-refractivity contribution in [2.45, 2.75) is 47.4 Å². The summed E-state index contributed by atoms with van der Waals surface area (Å²) in [5, 5.41) is 9.25. The fourth-order valence-electron chi connectivity index (χ4n) is 2.57. The average molecular weight is 351 g/mol. The number of rotatable bonds is 5. The highest BCUT2D eigenvalue weighted by molar-refractivity contribution is 7.92. The zero-order valence-electron chi connectivity index (χ0n) is 11.9. The van der Waals surface area contributed by atoms with Gasteiger partial charge in [0.1, 0.15) is 0 Å². The van der Waals surface area contributed by atoms with Gasteiger partial charge < -0.3 is 5.11 Å². The third kappa shape index (κ3) is 3.39. The predicted octanol–water partition coefficient (Wildman–Crippen LogP) is -0.198. The SMILES string of the molecule is O=[n+]1[nH]c(S(=O)(=O)CCO)ccc1S(=O)(=O)C1CCCCC1. The van der Waals surface area contributed by atoms with E-state index in [1.54, 1.807) is 0 Å². The van der Waals surface area contributed by atoms with Gasteiger partial charge in [0.2, 0.25) is 19.7 Å². The zero-order chi connectivity index (χ0) is 16.4. The Kier molecular flexibility index (Phi) is 5.03. The van der Waals surface area contributed by atoms with Crippen molar-refractivity contribution >= 4 is 19.7 Å². The molecule has 0 amide bonds. The molecule has 1 aliphatic carbocycles. The van der Waals surface area contributed by atoms with E-state index in [9.17, 15) is 21.7 Å². The Morgan fingerprint density at radius 1 is 1.14 bits per heavy atom. The molecule has 0 saturated heterocycles. The van der Waals surface area contributed by atoms with E-state index in [2.05, 4.69) is 0 Å². The summed E-state index contributed by atoms with van der Waals surface area (Å²) in [6.07, 6.45) is 3.60. The Labute approximate surface area is 128 Å². The van der Waals surface area contributed by atoms with E-state index in [0.717, 1.165) is 31.4 Å². The maximum atomic E-state index is 12.5. The second kappa shape index (κ2) is 6.47. The number of sulfone groups is 2. The summed E-state index contributed by atoms with van der Waals surface area (Å²) in [6, 6.07) is 2.06. The molecule has 10 heteroatoms. The zero-order valence-corrected chi connectivity index (χ0v) is 13.6. The molecular weight excluding hydrogens is 332 g/mol. The summed E-state index contributed by atoms with van der Waals surface area (Å²) in [6.45, 7) is -0.586. The normalized spacial score (nSPS) is 17.5. The minimum atomic E-state index is -3.84. The van der Waals surface area contributed by atoms with Crippen molar-refractivity contribution < 1.29 is 26.5 Å². The first-order chi connectivity index (χ1) is 10.3. The maximum Gasteiger partial charge on any atom is 0.382 e. The molecule has 22 heavy (non-hydrogen) atoms. The van der Waals surface area contributed by atoms with Gasteiger partial charge in [-0.2, -0.15) is 0 Å². The minimum Gasteiger partial charge on any atom is -0.395 e. The molecule has 0 unspecified atom stereocenters. The smallest absolute Gasteiger partial charge is 0.382 e. The number of hydrogen-bond donors (Lipinski definition) is 2. The van der Waals surface area contributed by atoms with Crippen molar-refractivity contribution in [1.29, 1.82) is 0 Å². The molecule has 0 spiro atoms. The quantitative estimate of drug-likeness (QED) is 0.707. The molecule has 0 aromatic carbocycles. The average Bonchev–Trinajstić information content (AvgIpc) is 2.47. The molecule has 124 valence electrons. The van der Waals surface area contributed by atoms with Gasteiger partial charge in [0, 0.05) is 6.07 Å². The predicted molar refractivity (Wildman–Crippen MR) is 77.4 cm³/mol. The minimum absolute atomic E-state index is 0.0196. The van der Waals surface area contributed by atoms with Gasteiger partial charge >= 0.3 is 5.03 Å². The largest absolute Gasteiger partial charge is 0.395 e. The summed E-state index contributed by atoms with van der Waals surface area (Å²) in [4.78, 5) is 11.9. The van der Waals surface area contributed by atoms with Crippen molar-refractivity contribution in [3.63, 3.8) is 0 Å². The summed E-state index contributed by atoms with van der Waals surface area (Å²) < 4.78 is 48.4. The van der Waals surface area contributed by atoms with Crippen LogP contribution in [0.1, 0.15) is 32.1 Å². The van der Waals surface area contributed by atoms with E-state index < -0.39 is 47.3 Å². The van der Waals surface area contributed by atoms with E-state index in [1.165, 1.54) is 0 Å². The first-order valence-electron chi connectivity index (χ1n) is 7.02. The van der Waals surface area contributed by atoms with Crippen LogP contribution in [0.5, 0.6) is 0 Å². The van der Waals surface area contributed by atoms with Crippen LogP contribution < -0.4 is 4.54 Å². The molecule has 1 aliphatic rings. The fourth-order valence-corrected chi connectivity index (χ4v) is 5.35. The molecular formula is C12H19N2O6S2+. The van der Waals surface area contributed by atoms with E-state index in [0.29, 0.717) is 12.8 Å². The van der Waals surface area contributed by atoms with E-state index >= 15 is 0 Å². The Bertz CT molecular complexity index is 791. The summed E-state index contributed by atoms with van der Waals surface area (Å²) >= 11 is 0. The standard InChI is InChI=1S/C12H19N2O6S2/c15-8-9-21(17,18)11-6-7-12(14(16)13-11)22(19,20)10-4-2-1-3-5-10/h6-7,10,15H,1-5,8-9H2,(H,13,16)/q+1. The second-order valence-corrected chi connectivity index (χ2v) is 9.54. The second-order valence-electron chi connectivity index (χ2n) is 5.29. The van der Waals surface area contributed by atoms with Crippen LogP contribution in [0.2, 0.25) is 0 Å². The van der Waals surface area contributed by atoms with Gasteiger partial charge in [-0.1, -0.05) is 19.3 Å². The van der Waals surface area contributed by atoms with Crippen molar-refractivity contribution in [3.05, 3.63) is 17.0 Å². The van der Waals surface area contributed by atoms with Crippen LogP contribution in [-0.2, 0) is 19.7 Å². The number of nitrogens with zero attached hydrogens (tertiary/aromatic N) is 1. The van der Waals surface area contributed by atoms with Crippen molar-refractivity contribution in [2.24, 2.45) is 0 Å². The lowest BCUT2D eigenvalue weighted by Gasteiger charge is -2.18. The lowest BCUT2D eigenvalue weighted by Crippen LogP contribution is -2.35. The van der Waals surface area contributed by atoms with Crippen LogP contribution in [0.15, 0.2) is 22.2 Å². The van der Waals surface area contributed by atoms with Crippen LogP contribution in [0.25, 0.3) is 0 Å².